The highest BCUT2D eigenvalue weighted by molar-refractivity contribution is 6.01. The normalized spacial score (nSPS) is 11.5. The van der Waals surface area contributed by atoms with Gasteiger partial charge in [0, 0.05) is 35.7 Å². The van der Waals surface area contributed by atoms with E-state index < -0.39 is 0 Å². The lowest BCUT2D eigenvalue weighted by Gasteiger charge is -2.19. The number of guanidine groups is 1. The smallest absolute Gasteiger partial charge is 0.247 e. The van der Waals surface area contributed by atoms with Crippen LogP contribution in [0.3, 0.4) is 0 Å². The summed E-state index contributed by atoms with van der Waals surface area (Å²) in [7, 11) is 1.90. The van der Waals surface area contributed by atoms with E-state index in [0.29, 0.717) is 29.7 Å². The summed E-state index contributed by atoms with van der Waals surface area (Å²) in [5.41, 5.74) is 4.52. The second-order valence-corrected chi connectivity index (χ2v) is 8.23. The van der Waals surface area contributed by atoms with Crippen LogP contribution >= 0.6 is 0 Å². The molecule has 186 valence electrons. The van der Waals surface area contributed by atoms with E-state index >= 15 is 0 Å². The average molecular weight is 492 g/mol. The number of anilines is 3. The fraction of sp³-hybridized carbons (Fsp3) is 0.103. The van der Waals surface area contributed by atoms with Crippen molar-refractivity contribution in [3.63, 3.8) is 0 Å². The summed E-state index contributed by atoms with van der Waals surface area (Å²) in [5, 5.41) is 11.5. The Morgan fingerprint density at radius 3 is 2.54 bits per heavy atom. The quantitative estimate of drug-likeness (QED) is 0.189. The first-order valence-corrected chi connectivity index (χ1v) is 11.8. The Bertz CT molecular complexity index is 1480. The van der Waals surface area contributed by atoms with E-state index in [4.69, 9.17) is 0 Å². The molecule has 0 saturated carbocycles. The van der Waals surface area contributed by atoms with Gasteiger partial charge < -0.3 is 15.5 Å². The van der Waals surface area contributed by atoms with Gasteiger partial charge in [0.05, 0.1) is 18.3 Å². The highest BCUT2D eigenvalue weighted by Crippen LogP contribution is 2.24. The monoisotopic (exact) mass is 491 g/mol. The number of hydrogen-bond donors (Lipinski definition) is 2. The summed E-state index contributed by atoms with van der Waals surface area (Å²) >= 11 is 0. The lowest BCUT2D eigenvalue weighted by Crippen LogP contribution is -2.18. The average Bonchev–Trinajstić information content (AvgIpc) is 3.30. The molecule has 3 aromatic carbocycles. The van der Waals surface area contributed by atoms with Crippen LogP contribution < -0.4 is 15.5 Å². The van der Waals surface area contributed by atoms with Crippen molar-refractivity contribution >= 4 is 46.0 Å². The number of nitrogens with one attached hydrogen (secondary N) is 2. The Labute approximate surface area is 216 Å². The molecule has 2 N–H and O–H groups in total. The number of benzene rings is 3. The Morgan fingerprint density at radius 2 is 1.81 bits per heavy atom. The highest BCUT2D eigenvalue weighted by Gasteiger charge is 2.10. The first kappa shape index (κ1) is 25.1. The number of hydrogen-bond acceptors (Lipinski definition) is 4. The number of amides is 1. The van der Waals surface area contributed by atoms with Crippen molar-refractivity contribution in [2.24, 2.45) is 9.98 Å². The molecule has 0 fully saturated rings. The van der Waals surface area contributed by atoms with Crippen molar-refractivity contribution in [3.8, 4) is 0 Å². The fourth-order valence-electron chi connectivity index (χ4n) is 3.72. The van der Waals surface area contributed by atoms with Gasteiger partial charge in [-0.2, -0.15) is 10.1 Å². The van der Waals surface area contributed by atoms with Gasteiger partial charge in [-0.15, -0.1) is 0 Å². The van der Waals surface area contributed by atoms with Gasteiger partial charge in [-0.25, -0.2) is 4.99 Å². The van der Waals surface area contributed by atoms with Crippen molar-refractivity contribution in [1.29, 1.82) is 0 Å². The minimum atomic E-state index is -0.282. The van der Waals surface area contributed by atoms with Gasteiger partial charge >= 0.3 is 0 Å². The second kappa shape index (κ2) is 11.6. The molecule has 0 bridgehead atoms. The van der Waals surface area contributed by atoms with Crippen molar-refractivity contribution in [3.05, 3.63) is 110 Å². The molecular weight excluding hydrogens is 462 g/mol. The first-order chi connectivity index (χ1) is 18.0. The molecule has 4 aromatic rings. The first-order valence-electron chi connectivity index (χ1n) is 11.8. The Balaban J connectivity index is 1.51. The van der Waals surface area contributed by atoms with E-state index in [1.54, 1.807) is 18.3 Å². The van der Waals surface area contributed by atoms with Crippen molar-refractivity contribution < 1.29 is 4.79 Å². The third-order valence-corrected chi connectivity index (χ3v) is 5.63. The maximum atomic E-state index is 11.6. The van der Waals surface area contributed by atoms with E-state index in [2.05, 4.69) is 63.1 Å². The summed E-state index contributed by atoms with van der Waals surface area (Å²) in [4.78, 5) is 22.5. The topological polar surface area (TPSA) is 86.9 Å². The molecule has 0 saturated heterocycles. The maximum Gasteiger partial charge on any atom is 0.247 e. The molecule has 0 unspecified atom stereocenters. The predicted octanol–water partition coefficient (Wildman–Crippen LogP) is 5.68. The number of aliphatic imine (C=N–C) groups is 2. The van der Waals surface area contributed by atoms with Crippen LogP contribution in [0.1, 0.15) is 12.5 Å². The summed E-state index contributed by atoms with van der Waals surface area (Å²) < 4.78 is 1.99. The number of fused-ring (bicyclic) bond motifs is 1. The fourth-order valence-corrected chi connectivity index (χ4v) is 3.72. The van der Waals surface area contributed by atoms with E-state index in [-0.39, 0.29) is 5.91 Å². The van der Waals surface area contributed by atoms with Gasteiger partial charge in [0.25, 0.3) is 0 Å². The zero-order chi connectivity index (χ0) is 26.2. The van der Waals surface area contributed by atoms with Crippen LogP contribution in [0.15, 0.2) is 114 Å². The molecular formula is C29H29N7O. The predicted molar refractivity (Wildman–Crippen MR) is 153 cm³/mol. The van der Waals surface area contributed by atoms with Gasteiger partial charge in [-0.3, -0.25) is 9.48 Å². The number of aromatic nitrogens is 2. The van der Waals surface area contributed by atoms with E-state index in [1.165, 1.54) is 11.6 Å². The lowest BCUT2D eigenvalue weighted by atomic mass is 10.2. The zero-order valence-electron chi connectivity index (χ0n) is 20.9. The maximum absolute atomic E-state index is 11.6. The van der Waals surface area contributed by atoms with Crippen molar-refractivity contribution in [2.75, 3.05) is 22.6 Å². The van der Waals surface area contributed by atoms with Crippen LogP contribution in [-0.2, 0) is 11.3 Å². The molecule has 1 amide bonds. The lowest BCUT2D eigenvalue weighted by molar-refractivity contribution is -0.111. The number of rotatable bonds is 8. The summed E-state index contributed by atoms with van der Waals surface area (Å²) in [6.07, 6.45) is 4.74. The standard InChI is InChI=1S/C29H29N7O/c1-5-28(37)33-24-13-10-14-25(18-24)34-29(30-6-2)32-21(3)35(4)26-15-16-27-23(17-26)19-31-36(27)20-22-11-8-7-9-12-22/h5-19H,1,3,20H2,2,4H3,(H,32,34)(H,33,37)/b30-6-. The van der Waals surface area contributed by atoms with Crippen LogP contribution in [0.5, 0.6) is 0 Å². The van der Waals surface area contributed by atoms with Gasteiger partial charge in [-0.1, -0.05) is 49.6 Å². The van der Waals surface area contributed by atoms with Gasteiger partial charge in [-0.05, 0) is 55.0 Å². The molecule has 37 heavy (non-hydrogen) atoms. The minimum absolute atomic E-state index is 0.282. The summed E-state index contributed by atoms with van der Waals surface area (Å²) in [6, 6.07) is 23.7. The highest BCUT2D eigenvalue weighted by atomic mass is 16.1. The zero-order valence-corrected chi connectivity index (χ0v) is 20.9. The van der Waals surface area contributed by atoms with Crippen molar-refractivity contribution in [2.45, 2.75) is 13.5 Å². The third kappa shape index (κ3) is 6.37. The molecule has 0 aliphatic carbocycles. The molecule has 0 radical (unpaired) electrons. The molecule has 0 atom stereocenters. The number of nitrogens with zero attached hydrogens (tertiary/aromatic N) is 5. The number of carbonyl (C=O) groups excluding carboxylic acids is 1. The second-order valence-electron chi connectivity index (χ2n) is 8.23. The van der Waals surface area contributed by atoms with E-state index in [0.717, 1.165) is 16.6 Å². The molecule has 0 aliphatic rings. The Hall–Kier alpha value is -4.98. The molecule has 8 nitrogen and oxygen atoms in total. The summed E-state index contributed by atoms with van der Waals surface area (Å²) in [5.74, 6) is 0.582. The van der Waals surface area contributed by atoms with Crippen LogP contribution in [0.4, 0.5) is 17.1 Å². The molecule has 1 aromatic heterocycles. The van der Waals surface area contributed by atoms with E-state index in [1.807, 2.05) is 66.1 Å². The van der Waals surface area contributed by atoms with E-state index in [9.17, 15) is 4.79 Å². The molecule has 0 spiro atoms. The summed E-state index contributed by atoms with van der Waals surface area (Å²) in [6.45, 7) is 10.1. The third-order valence-electron chi connectivity index (χ3n) is 5.63. The molecule has 4 rings (SSSR count). The largest absolute Gasteiger partial charge is 0.330 e. The minimum Gasteiger partial charge on any atom is -0.330 e. The Morgan fingerprint density at radius 1 is 1.05 bits per heavy atom. The van der Waals surface area contributed by atoms with Crippen LogP contribution in [-0.4, -0.2) is 34.9 Å². The van der Waals surface area contributed by atoms with Gasteiger partial charge in [0.1, 0.15) is 5.82 Å². The molecule has 0 aliphatic heterocycles. The Kier molecular flexibility index (Phi) is 7.90. The number of carbonyl (C=O) groups is 1. The van der Waals surface area contributed by atoms with Crippen LogP contribution in [0.25, 0.3) is 10.9 Å². The SMILES string of the molecule is C=CC(=O)Nc1cccc(NC(/N=C\C)=N/C(=C)N(C)c2ccc3c(cnn3Cc3ccccc3)c2)c1. The van der Waals surface area contributed by atoms with Crippen molar-refractivity contribution in [1.82, 2.24) is 9.78 Å². The molecule has 8 heteroatoms. The molecule has 1 heterocycles. The van der Waals surface area contributed by atoms with Gasteiger partial charge in [0.2, 0.25) is 11.9 Å². The van der Waals surface area contributed by atoms with Gasteiger partial charge in [0.15, 0.2) is 0 Å². The van der Waals surface area contributed by atoms with Crippen LogP contribution in [0, 0.1) is 0 Å². The van der Waals surface area contributed by atoms with Crippen LogP contribution in [0.2, 0.25) is 0 Å².